The fraction of sp³-hybridized carbons (Fsp3) is 0.217. The number of hydrogen-bond donors (Lipinski definition) is 3. The number of rotatable bonds is 4. The van der Waals surface area contributed by atoms with Crippen molar-refractivity contribution in [2.24, 2.45) is 0 Å². The Morgan fingerprint density at radius 2 is 1.91 bits per heavy atom. The van der Waals surface area contributed by atoms with Crippen molar-refractivity contribution in [1.29, 1.82) is 0 Å². The highest BCUT2D eigenvalue weighted by Crippen LogP contribution is 2.35. The highest BCUT2D eigenvalue weighted by Gasteiger charge is 2.27. The Labute approximate surface area is 184 Å². The van der Waals surface area contributed by atoms with E-state index in [9.17, 15) is 4.79 Å². The van der Waals surface area contributed by atoms with E-state index in [0.717, 1.165) is 54.4 Å². The lowest BCUT2D eigenvalue weighted by atomic mass is 9.99. The van der Waals surface area contributed by atoms with E-state index in [4.69, 9.17) is 0 Å². The fourth-order valence-electron chi connectivity index (χ4n) is 4.43. The number of hydrogen-bond acceptors (Lipinski definition) is 7. The minimum Gasteiger partial charge on any atom is -0.368 e. The van der Waals surface area contributed by atoms with Crippen LogP contribution in [-0.2, 0) is 6.54 Å². The summed E-state index contributed by atoms with van der Waals surface area (Å²) in [5.74, 6) is 1.25. The highest BCUT2D eigenvalue weighted by atomic mass is 16.1. The Kier molecular flexibility index (Phi) is 4.46. The van der Waals surface area contributed by atoms with E-state index >= 15 is 0 Å². The lowest BCUT2D eigenvalue weighted by Crippen LogP contribution is -2.43. The maximum atomic E-state index is 12.7. The molecule has 160 valence electrons. The second-order valence-corrected chi connectivity index (χ2v) is 7.89. The Morgan fingerprint density at radius 1 is 1.00 bits per heavy atom. The Bertz CT molecular complexity index is 1310. The van der Waals surface area contributed by atoms with E-state index in [2.05, 4.69) is 41.9 Å². The number of aromatic nitrogens is 4. The molecule has 0 spiro atoms. The van der Waals surface area contributed by atoms with Crippen LogP contribution in [0.15, 0.2) is 55.1 Å². The number of benzene rings is 1. The third kappa shape index (κ3) is 3.14. The minimum absolute atomic E-state index is 0.0891. The molecule has 0 aliphatic carbocycles. The quantitative estimate of drug-likeness (QED) is 0.460. The molecule has 1 fully saturated rings. The number of nitrogens with zero attached hydrogens (tertiary/aromatic N) is 5. The standard InChI is InChI=1S/C23H22N8O/c32-22-21-17(13-27-22)16(19-14-28-23-25-6-1-9-31(19)23)3-4-18(21)29-20-5-2-15(12-26-20)30-10-7-24-8-11-30/h1-6,9,12,14,24H,7-8,10-11,13H2,(H,26,29)(H,27,32). The van der Waals surface area contributed by atoms with E-state index in [1.54, 1.807) is 12.4 Å². The molecule has 0 saturated carbocycles. The minimum atomic E-state index is -0.0891. The predicted octanol–water partition coefficient (Wildman–Crippen LogP) is 2.19. The SMILES string of the molecule is O=C1NCc2c(-c3cnc4ncccn34)ccc(Nc3ccc(N4CCNCC4)cn3)c21. The molecule has 1 aromatic carbocycles. The van der Waals surface area contributed by atoms with Gasteiger partial charge in [-0.05, 0) is 29.8 Å². The van der Waals surface area contributed by atoms with Crippen molar-refractivity contribution in [3.8, 4) is 11.3 Å². The average molecular weight is 426 g/mol. The largest absolute Gasteiger partial charge is 0.368 e. The van der Waals surface area contributed by atoms with Gasteiger partial charge < -0.3 is 20.9 Å². The monoisotopic (exact) mass is 426 g/mol. The molecule has 1 amide bonds. The third-order valence-electron chi connectivity index (χ3n) is 6.02. The fourth-order valence-corrected chi connectivity index (χ4v) is 4.43. The Balaban J connectivity index is 1.33. The van der Waals surface area contributed by atoms with Gasteiger partial charge >= 0.3 is 0 Å². The molecule has 4 aromatic rings. The van der Waals surface area contributed by atoms with Gasteiger partial charge in [0.15, 0.2) is 0 Å². The summed E-state index contributed by atoms with van der Waals surface area (Å²) in [6, 6.07) is 9.85. The molecule has 9 nitrogen and oxygen atoms in total. The summed E-state index contributed by atoms with van der Waals surface area (Å²) in [7, 11) is 0. The molecular weight excluding hydrogens is 404 g/mol. The number of imidazole rings is 1. The van der Waals surface area contributed by atoms with Crippen molar-refractivity contribution < 1.29 is 4.79 Å². The Hall–Kier alpha value is -3.98. The molecule has 0 radical (unpaired) electrons. The smallest absolute Gasteiger partial charge is 0.254 e. The normalized spacial score (nSPS) is 15.6. The number of anilines is 3. The maximum Gasteiger partial charge on any atom is 0.254 e. The number of piperazine rings is 1. The van der Waals surface area contributed by atoms with E-state index in [-0.39, 0.29) is 5.91 Å². The summed E-state index contributed by atoms with van der Waals surface area (Å²) < 4.78 is 1.93. The van der Waals surface area contributed by atoms with Gasteiger partial charge in [0, 0.05) is 50.7 Å². The zero-order valence-electron chi connectivity index (χ0n) is 17.4. The number of fused-ring (bicyclic) bond motifs is 2. The van der Waals surface area contributed by atoms with Gasteiger partial charge in [-0.2, -0.15) is 0 Å². The van der Waals surface area contributed by atoms with Crippen molar-refractivity contribution in [2.45, 2.75) is 6.54 Å². The van der Waals surface area contributed by atoms with Crippen LogP contribution >= 0.6 is 0 Å². The van der Waals surface area contributed by atoms with Crippen LogP contribution in [0.1, 0.15) is 15.9 Å². The molecule has 1 saturated heterocycles. The second kappa shape index (κ2) is 7.61. The second-order valence-electron chi connectivity index (χ2n) is 7.89. The molecule has 6 rings (SSSR count). The van der Waals surface area contributed by atoms with Gasteiger partial charge in [-0.1, -0.05) is 6.07 Å². The van der Waals surface area contributed by atoms with Crippen molar-refractivity contribution in [3.05, 3.63) is 66.2 Å². The molecule has 0 unspecified atom stereocenters. The van der Waals surface area contributed by atoms with Gasteiger partial charge in [0.05, 0.1) is 35.0 Å². The number of pyridine rings is 1. The highest BCUT2D eigenvalue weighted by molar-refractivity contribution is 6.06. The molecular formula is C23H22N8O. The number of carbonyl (C=O) groups is 1. The van der Waals surface area contributed by atoms with E-state index < -0.39 is 0 Å². The van der Waals surface area contributed by atoms with Crippen molar-refractivity contribution in [3.63, 3.8) is 0 Å². The van der Waals surface area contributed by atoms with Gasteiger partial charge in [-0.3, -0.25) is 9.20 Å². The number of amides is 1. The molecule has 5 heterocycles. The van der Waals surface area contributed by atoms with Crippen LogP contribution in [0.2, 0.25) is 0 Å². The average Bonchev–Trinajstić information content (AvgIpc) is 3.45. The molecule has 0 bridgehead atoms. The zero-order valence-corrected chi connectivity index (χ0v) is 17.4. The molecule has 0 atom stereocenters. The van der Waals surface area contributed by atoms with Crippen LogP contribution in [0.5, 0.6) is 0 Å². The first-order valence-electron chi connectivity index (χ1n) is 10.7. The molecule has 3 N–H and O–H groups in total. The van der Waals surface area contributed by atoms with Crippen molar-refractivity contribution in [1.82, 2.24) is 30.0 Å². The van der Waals surface area contributed by atoms with Gasteiger partial charge in [0.25, 0.3) is 5.91 Å². The van der Waals surface area contributed by atoms with Crippen LogP contribution in [0, 0.1) is 0 Å². The Morgan fingerprint density at radius 3 is 2.75 bits per heavy atom. The van der Waals surface area contributed by atoms with Crippen molar-refractivity contribution >= 4 is 28.9 Å². The van der Waals surface area contributed by atoms with E-state index in [1.165, 1.54) is 0 Å². The van der Waals surface area contributed by atoms with Crippen LogP contribution in [-0.4, -0.2) is 51.4 Å². The summed E-state index contributed by atoms with van der Waals surface area (Å²) >= 11 is 0. The molecule has 3 aromatic heterocycles. The first-order chi connectivity index (χ1) is 15.8. The molecule has 9 heteroatoms. The first kappa shape index (κ1) is 18.8. The predicted molar refractivity (Wildman–Crippen MR) is 122 cm³/mol. The van der Waals surface area contributed by atoms with Crippen LogP contribution < -0.4 is 20.9 Å². The topological polar surface area (TPSA) is 99.5 Å². The van der Waals surface area contributed by atoms with Gasteiger partial charge in [-0.25, -0.2) is 15.0 Å². The maximum absolute atomic E-state index is 12.7. The van der Waals surface area contributed by atoms with E-state index in [0.29, 0.717) is 23.7 Å². The van der Waals surface area contributed by atoms with Crippen molar-refractivity contribution in [2.75, 3.05) is 36.4 Å². The van der Waals surface area contributed by atoms with Crippen LogP contribution in [0.4, 0.5) is 17.2 Å². The van der Waals surface area contributed by atoms with Crippen LogP contribution in [0.25, 0.3) is 17.0 Å². The lowest BCUT2D eigenvalue weighted by Gasteiger charge is -2.29. The summed E-state index contributed by atoms with van der Waals surface area (Å²) in [4.78, 5) is 28.3. The molecule has 2 aliphatic rings. The number of nitrogens with one attached hydrogen (secondary N) is 3. The summed E-state index contributed by atoms with van der Waals surface area (Å²) in [6.07, 6.45) is 7.32. The summed E-state index contributed by atoms with van der Waals surface area (Å²) in [6.45, 7) is 4.39. The summed E-state index contributed by atoms with van der Waals surface area (Å²) in [5.41, 5.74) is 5.32. The molecule has 2 aliphatic heterocycles. The van der Waals surface area contributed by atoms with Gasteiger partial charge in [-0.15, -0.1) is 0 Å². The third-order valence-corrected chi connectivity index (χ3v) is 6.02. The van der Waals surface area contributed by atoms with Crippen LogP contribution in [0.3, 0.4) is 0 Å². The molecule has 32 heavy (non-hydrogen) atoms. The number of carbonyl (C=O) groups excluding carboxylic acids is 1. The van der Waals surface area contributed by atoms with Gasteiger partial charge in [0.2, 0.25) is 5.78 Å². The first-order valence-corrected chi connectivity index (χ1v) is 10.7. The zero-order chi connectivity index (χ0) is 21.5. The lowest BCUT2D eigenvalue weighted by molar-refractivity contribution is 0.0966. The van der Waals surface area contributed by atoms with E-state index in [1.807, 2.05) is 41.1 Å². The van der Waals surface area contributed by atoms with Gasteiger partial charge in [0.1, 0.15) is 5.82 Å². The summed E-state index contributed by atoms with van der Waals surface area (Å²) in [5, 5.41) is 9.65.